The summed E-state index contributed by atoms with van der Waals surface area (Å²) < 4.78 is 34.3. The third kappa shape index (κ3) is 40.4. The van der Waals surface area contributed by atoms with Crippen LogP contribution in [0.3, 0.4) is 0 Å². The van der Waals surface area contributed by atoms with Gasteiger partial charge in [0.15, 0.2) is 6.10 Å². The smallest absolute Gasteiger partial charge is 0.462 e. The SMILES string of the molecule is CCCCC/C=C\CCCCCCCC(=O)OC[C@H](COP(=O)(O)OCC[N+](C)(C)C)OC(=O)CCCCCCCCCCCCCCCCCCCC. The fraction of sp³-hybridized carbons (Fsp3) is 0.909. The minimum Gasteiger partial charge on any atom is -0.462 e. The van der Waals surface area contributed by atoms with Gasteiger partial charge in [0.2, 0.25) is 0 Å². The van der Waals surface area contributed by atoms with Crippen LogP contribution in [0.1, 0.15) is 206 Å². The minimum atomic E-state index is -4.37. The van der Waals surface area contributed by atoms with E-state index in [0.717, 1.165) is 51.4 Å². The largest absolute Gasteiger partial charge is 0.472 e. The number of carbonyl (C=O) groups excluding carboxylic acids is 2. The molecule has 0 aromatic carbocycles. The molecule has 0 saturated carbocycles. The van der Waals surface area contributed by atoms with Crippen LogP contribution >= 0.6 is 7.82 Å². The molecule has 0 aromatic heterocycles. The molecular formula is C44H87NO8P+. The molecule has 1 N–H and O–H groups in total. The topological polar surface area (TPSA) is 108 Å². The lowest BCUT2D eigenvalue weighted by Crippen LogP contribution is -2.37. The quantitative estimate of drug-likeness (QED) is 0.0214. The highest BCUT2D eigenvalue weighted by Crippen LogP contribution is 2.43. The first-order chi connectivity index (χ1) is 26.0. The number of phosphoric ester groups is 1. The molecular weight excluding hydrogens is 701 g/mol. The van der Waals surface area contributed by atoms with Gasteiger partial charge in [0.1, 0.15) is 19.8 Å². The summed E-state index contributed by atoms with van der Waals surface area (Å²) in [5.74, 6) is -0.799. The van der Waals surface area contributed by atoms with E-state index >= 15 is 0 Å². The maximum absolute atomic E-state index is 12.7. The predicted octanol–water partition coefficient (Wildman–Crippen LogP) is 12.6. The van der Waals surface area contributed by atoms with E-state index in [4.69, 9.17) is 18.5 Å². The number of ether oxygens (including phenoxy) is 2. The second-order valence-electron chi connectivity index (χ2n) is 16.4. The first-order valence-corrected chi connectivity index (χ1v) is 23.9. The lowest BCUT2D eigenvalue weighted by Gasteiger charge is -2.24. The van der Waals surface area contributed by atoms with Gasteiger partial charge in [-0.1, -0.05) is 167 Å². The molecule has 0 heterocycles. The van der Waals surface area contributed by atoms with Crippen LogP contribution in [-0.2, 0) is 32.7 Å². The summed E-state index contributed by atoms with van der Waals surface area (Å²) >= 11 is 0. The van der Waals surface area contributed by atoms with Gasteiger partial charge in [-0.05, 0) is 38.5 Å². The highest BCUT2D eigenvalue weighted by Gasteiger charge is 2.27. The average Bonchev–Trinajstić information content (AvgIpc) is 3.12. The lowest BCUT2D eigenvalue weighted by molar-refractivity contribution is -0.870. The van der Waals surface area contributed by atoms with Crippen molar-refractivity contribution < 1.29 is 42.1 Å². The number of unbranched alkanes of at least 4 members (excludes halogenated alkanes) is 25. The highest BCUT2D eigenvalue weighted by atomic mass is 31.2. The molecule has 1 unspecified atom stereocenters. The molecule has 2 atom stereocenters. The van der Waals surface area contributed by atoms with Crippen molar-refractivity contribution in [2.75, 3.05) is 47.5 Å². The molecule has 0 aromatic rings. The van der Waals surface area contributed by atoms with Gasteiger partial charge in [-0.3, -0.25) is 18.6 Å². The van der Waals surface area contributed by atoms with Crippen LogP contribution in [0.15, 0.2) is 12.2 Å². The van der Waals surface area contributed by atoms with Gasteiger partial charge in [-0.25, -0.2) is 4.57 Å². The Morgan fingerprint density at radius 2 is 0.944 bits per heavy atom. The van der Waals surface area contributed by atoms with Gasteiger partial charge in [0, 0.05) is 12.8 Å². The fourth-order valence-corrected chi connectivity index (χ4v) is 6.99. The summed E-state index contributed by atoms with van der Waals surface area (Å²) in [6.45, 7) is 4.41. The number of hydrogen-bond acceptors (Lipinski definition) is 7. The maximum Gasteiger partial charge on any atom is 0.472 e. The van der Waals surface area contributed by atoms with Crippen molar-refractivity contribution >= 4 is 19.8 Å². The summed E-state index contributed by atoms with van der Waals surface area (Å²) in [7, 11) is 1.48. The number of allylic oxidation sites excluding steroid dienone is 2. The second-order valence-corrected chi connectivity index (χ2v) is 17.9. The predicted molar refractivity (Wildman–Crippen MR) is 224 cm³/mol. The van der Waals surface area contributed by atoms with Crippen molar-refractivity contribution in [1.82, 2.24) is 0 Å². The normalized spacial score (nSPS) is 13.7. The summed E-state index contributed by atoms with van der Waals surface area (Å²) in [5.41, 5.74) is 0. The van der Waals surface area contributed by atoms with E-state index in [1.807, 2.05) is 21.1 Å². The number of carbonyl (C=O) groups is 2. The first kappa shape index (κ1) is 52.8. The number of quaternary nitrogens is 1. The number of nitrogens with zero attached hydrogens (tertiary/aromatic N) is 1. The number of esters is 2. The van der Waals surface area contributed by atoms with Gasteiger partial charge in [0.05, 0.1) is 27.7 Å². The standard InChI is InChI=1S/C44H86NO8P/c1-6-8-10-12-14-16-18-20-21-22-23-24-25-27-29-31-33-35-37-44(47)53-42(41-52-54(48,49)51-39-38-45(3,4)5)40-50-43(46)36-34-32-30-28-26-19-17-15-13-11-9-7-2/h15,17,42H,6-14,16,18-41H2,1-5H3/p+1/b17-15-/t42-/m1/s1. The van der Waals surface area contributed by atoms with Crippen LogP contribution in [0.5, 0.6) is 0 Å². The van der Waals surface area contributed by atoms with Crippen LogP contribution in [0.25, 0.3) is 0 Å². The zero-order valence-electron chi connectivity index (χ0n) is 36.0. The third-order valence-corrected chi connectivity index (χ3v) is 10.8. The van der Waals surface area contributed by atoms with Crippen molar-refractivity contribution in [3.05, 3.63) is 12.2 Å². The summed E-state index contributed by atoms with van der Waals surface area (Å²) in [5, 5.41) is 0. The van der Waals surface area contributed by atoms with E-state index in [0.29, 0.717) is 17.4 Å². The minimum absolute atomic E-state index is 0.0336. The molecule has 0 aliphatic heterocycles. The average molecular weight is 789 g/mol. The first-order valence-electron chi connectivity index (χ1n) is 22.4. The molecule has 0 aliphatic carbocycles. The van der Waals surface area contributed by atoms with Crippen LogP contribution < -0.4 is 0 Å². The zero-order chi connectivity index (χ0) is 40.0. The van der Waals surface area contributed by atoms with E-state index in [9.17, 15) is 19.0 Å². The molecule has 9 nitrogen and oxygen atoms in total. The van der Waals surface area contributed by atoms with Gasteiger partial charge in [0.25, 0.3) is 0 Å². The Labute approximate surface area is 333 Å². The van der Waals surface area contributed by atoms with E-state index < -0.39 is 26.5 Å². The summed E-state index contributed by atoms with van der Waals surface area (Å²) in [6, 6.07) is 0. The molecule has 0 saturated heterocycles. The van der Waals surface area contributed by atoms with Gasteiger partial charge < -0.3 is 18.9 Å². The maximum atomic E-state index is 12.7. The van der Waals surface area contributed by atoms with Crippen molar-refractivity contribution in [2.45, 2.75) is 213 Å². The van der Waals surface area contributed by atoms with E-state index in [1.165, 1.54) is 122 Å². The molecule has 0 fully saturated rings. The Hall–Kier alpha value is -1.25. The molecule has 0 amide bonds. The second kappa shape index (κ2) is 37.3. The van der Waals surface area contributed by atoms with Crippen molar-refractivity contribution in [1.29, 1.82) is 0 Å². The third-order valence-electron chi connectivity index (χ3n) is 9.80. The fourth-order valence-electron chi connectivity index (χ4n) is 6.24. The Balaban J connectivity index is 4.30. The van der Waals surface area contributed by atoms with Crippen LogP contribution in [-0.4, -0.2) is 74.9 Å². The molecule has 320 valence electrons. The van der Waals surface area contributed by atoms with Gasteiger partial charge in [-0.2, -0.15) is 0 Å². The molecule has 10 heteroatoms. The summed E-state index contributed by atoms with van der Waals surface area (Å²) in [6.07, 6.45) is 38.3. The Morgan fingerprint density at radius 1 is 0.556 bits per heavy atom. The lowest BCUT2D eigenvalue weighted by atomic mass is 10.0. The highest BCUT2D eigenvalue weighted by molar-refractivity contribution is 7.47. The van der Waals surface area contributed by atoms with Gasteiger partial charge in [-0.15, -0.1) is 0 Å². The van der Waals surface area contributed by atoms with Crippen LogP contribution in [0, 0.1) is 0 Å². The van der Waals surface area contributed by atoms with Crippen molar-refractivity contribution in [3.63, 3.8) is 0 Å². The van der Waals surface area contributed by atoms with E-state index in [-0.39, 0.29) is 32.0 Å². The van der Waals surface area contributed by atoms with E-state index in [1.54, 1.807) is 0 Å². The molecule has 54 heavy (non-hydrogen) atoms. The zero-order valence-corrected chi connectivity index (χ0v) is 36.9. The molecule has 0 rings (SSSR count). The Bertz CT molecular complexity index is 938. The number of phosphoric acid groups is 1. The molecule has 0 aliphatic rings. The van der Waals surface area contributed by atoms with E-state index in [2.05, 4.69) is 26.0 Å². The molecule has 0 spiro atoms. The van der Waals surface area contributed by atoms with Crippen LogP contribution in [0.4, 0.5) is 0 Å². The van der Waals surface area contributed by atoms with Crippen LogP contribution in [0.2, 0.25) is 0 Å². The number of rotatable bonds is 41. The Morgan fingerprint density at radius 3 is 1.41 bits per heavy atom. The number of hydrogen-bond donors (Lipinski definition) is 1. The molecule has 0 radical (unpaired) electrons. The van der Waals surface area contributed by atoms with Gasteiger partial charge >= 0.3 is 19.8 Å². The number of likely N-dealkylation sites (N-methyl/N-ethyl adjacent to an activating group) is 1. The molecule has 0 bridgehead atoms. The van der Waals surface area contributed by atoms with Crippen molar-refractivity contribution in [2.24, 2.45) is 0 Å². The summed E-state index contributed by atoms with van der Waals surface area (Å²) in [4.78, 5) is 35.3. The Kier molecular flexibility index (Phi) is 36.5. The van der Waals surface area contributed by atoms with Crippen molar-refractivity contribution in [3.8, 4) is 0 Å². The monoisotopic (exact) mass is 789 g/mol.